The van der Waals surface area contributed by atoms with Crippen molar-refractivity contribution < 1.29 is 9.18 Å². The fourth-order valence-electron chi connectivity index (χ4n) is 3.46. The fraction of sp³-hybridized carbons (Fsp3) is 0.286. The largest absolute Gasteiger partial charge is 0.322 e. The van der Waals surface area contributed by atoms with E-state index in [0.717, 1.165) is 48.6 Å². The van der Waals surface area contributed by atoms with E-state index in [1.807, 2.05) is 25.1 Å². The Balaban J connectivity index is 1.66. The predicted molar refractivity (Wildman–Crippen MR) is 110 cm³/mol. The highest BCUT2D eigenvalue weighted by Crippen LogP contribution is 2.27. The minimum Gasteiger partial charge on any atom is -0.322 e. The molecule has 0 spiro atoms. The number of hydrogen-bond acceptors (Lipinski definition) is 3. The van der Waals surface area contributed by atoms with Crippen LogP contribution in [0.1, 0.15) is 41.0 Å². The van der Waals surface area contributed by atoms with Gasteiger partial charge in [0.25, 0.3) is 5.91 Å². The summed E-state index contributed by atoms with van der Waals surface area (Å²) in [7, 11) is 0. The summed E-state index contributed by atoms with van der Waals surface area (Å²) in [6, 6.07) is 10.1. The van der Waals surface area contributed by atoms with E-state index in [9.17, 15) is 9.18 Å². The highest BCUT2D eigenvalue weighted by atomic mass is 79.9. The van der Waals surface area contributed by atoms with Crippen molar-refractivity contribution in [2.45, 2.75) is 39.2 Å². The molecule has 7 heteroatoms. The average molecular weight is 443 g/mol. The number of nitrogens with one attached hydrogen (secondary N) is 1. The first-order valence-electron chi connectivity index (χ1n) is 9.32. The third-order valence-corrected chi connectivity index (χ3v) is 5.52. The number of aromatic nitrogens is 3. The maximum atomic E-state index is 14.0. The standard InChI is InChI=1S/C21H20BrFN4O/c1-13-6-7-14(20-26-25-19-5-3-2-4-10-27(19)20)11-18(13)24-21(28)16-12-15(22)8-9-17(16)23/h6-9,11-12H,2-5,10H2,1H3,(H,24,28). The van der Waals surface area contributed by atoms with Crippen LogP contribution in [0.25, 0.3) is 11.4 Å². The lowest BCUT2D eigenvalue weighted by Gasteiger charge is -2.12. The molecule has 5 nitrogen and oxygen atoms in total. The van der Waals surface area contributed by atoms with Gasteiger partial charge in [-0.05, 0) is 49.6 Å². The number of hydrogen-bond donors (Lipinski definition) is 1. The second kappa shape index (κ2) is 7.83. The van der Waals surface area contributed by atoms with E-state index in [4.69, 9.17) is 0 Å². The molecule has 1 aliphatic rings. The van der Waals surface area contributed by atoms with Crippen LogP contribution in [0.5, 0.6) is 0 Å². The molecule has 1 N–H and O–H groups in total. The van der Waals surface area contributed by atoms with Crippen molar-refractivity contribution in [2.75, 3.05) is 5.32 Å². The van der Waals surface area contributed by atoms with Crippen LogP contribution in [0.2, 0.25) is 0 Å². The molecule has 0 atom stereocenters. The van der Waals surface area contributed by atoms with Gasteiger partial charge in [0.2, 0.25) is 0 Å². The van der Waals surface area contributed by atoms with Crippen molar-refractivity contribution in [3.63, 3.8) is 0 Å². The van der Waals surface area contributed by atoms with Crippen LogP contribution in [0.4, 0.5) is 10.1 Å². The van der Waals surface area contributed by atoms with Gasteiger partial charge in [-0.2, -0.15) is 0 Å². The molecule has 0 saturated heterocycles. The molecule has 28 heavy (non-hydrogen) atoms. The lowest BCUT2D eigenvalue weighted by atomic mass is 10.1. The minimum absolute atomic E-state index is 0.00415. The van der Waals surface area contributed by atoms with Gasteiger partial charge in [0.15, 0.2) is 5.82 Å². The number of halogens is 2. The van der Waals surface area contributed by atoms with Crippen LogP contribution in [0, 0.1) is 12.7 Å². The van der Waals surface area contributed by atoms with E-state index in [1.165, 1.54) is 18.6 Å². The van der Waals surface area contributed by atoms with Crippen molar-refractivity contribution in [1.82, 2.24) is 14.8 Å². The summed E-state index contributed by atoms with van der Waals surface area (Å²) in [6.07, 6.45) is 4.36. The Morgan fingerprint density at radius 2 is 2.00 bits per heavy atom. The highest BCUT2D eigenvalue weighted by Gasteiger charge is 2.18. The smallest absolute Gasteiger partial charge is 0.258 e. The molecule has 3 aromatic rings. The number of nitrogens with zero attached hydrogens (tertiary/aromatic N) is 3. The monoisotopic (exact) mass is 442 g/mol. The third-order valence-electron chi connectivity index (χ3n) is 5.03. The zero-order chi connectivity index (χ0) is 19.7. The molecule has 2 heterocycles. The van der Waals surface area contributed by atoms with Gasteiger partial charge in [-0.3, -0.25) is 4.79 Å². The predicted octanol–water partition coefficient (Wildman–Crippen LogP) is 5.13. The van der Waals surface area contributed by atoms with E-state index >= 15 is 0 Å². The number of amides is 1. The van der Waals surface area contributed by atoms with Crippen molar-refractivity contribution in [3.05, 3.63) is 63.6 Å². The summed E-state index contributed by atoms with van der Waals surface area (Å²) in [6.45, 7) is 2.80. The Morgan fingerprint density at radius 1 is 1.14 bits per heavy atom. The number of fused-ring (bicyclic) bond motifs is 1. The summed E-state index contributed by atoms with van der Waals surface area (Å²) < 4.78 is 16.9. The Kier molecular flexibility index (Phi) is 5.26. The van der Waals surface area contributed by atoms with Gasteiger partial charge < -0.3 is 9.88 Å². The van der Waals surface area contributed by atoms with Crippen LogP contribution < -0.4 is 5.32 Å². The molecule has 1 aromatic heterocycles. The van der Waals surface area contributed by atoms with Crippen molar-refractivity contribution in [3.8, 4) is 11.4 Å². The van der Waals surface area contributed by atoms with Gasteiger partial charge in [-0.25, -0.2) is 4.39 Å². The number of benzene rings is 2. The Morgan fingerprint density at radius 3 is 2.86 bits per heavy atom. The first kappa shape index (κ1) is 18.8. The quantitative estimate of drug-likeness (QED) is 0.611. The van der Waals surface area contributed by atoms with Crippen LogP contribution in [-0.2, 0) is 13.0 Å². The van der Waals surface area contributed by atoms with E-state index < -0.39 is 11.7 Å². The summed E-state index contributed by atoms with van der Waals surface area (Å²) in [5.74, 6) is 0.771. The Labute approximate surface area is 171 Å². The molecular formula is C21H20BrFN4O. The van der Waals surface area contributed by atoms with Crippen LogP contribution in [0.15, 0.2) is 40.9 Å². The fourth-order valence-corrected chi connectivity index (χ4v) is 3.82. The van der Waals surface area contributed by atoms with Gasteiger partial charge in [-0.1, -0.05) is 34.5 Å². The molecule has 0 radical (unpaired) electrons. The first-order chi connectivity index (χ1) is 13.5. The maximum absolute atomic E-state index is 14.0. The topological polar surface area (TPSA) is 59.8 Å². The molecule has 2 aromatic carbocycles. The van der Waals surface area contributed by atoms with E-state index in [-0.39, 0.29) is 5.56 Å². The second-order valence-corrected chi connectivity index (χ2v) is 7.93. The zero-order valence-corrected chi connectivity index (χ0v) is 17.1. The van der Waals surface area contributed by atoms with Gasteiger partial charge in [0.1, 0.15) is 11.6 Å². The maximum Gasteiger partial charge on any atom is 0.258 e. The molecule has 0 saturated carbocycles. The SMILES string of the molecule is Cc1ccc(-c2nnc3n2CCCCC3)cc1NC(=O)c1cc(Br)ccc1F. The summed E-state index contributed by atoms with van der Waals surface area (Å²) >= 11 is 3.28. The van der Waals surface area contributed by atoms with Gasteiger partial charge >= 0.3 is 0 Å². The third kappa shape index (κ3) is 3.71. The number of carbonyl (C=O) groups excluding carboxylic acids is 1. The van der Waals surface area contributed by atoms with Crippen LogP contribution >= 0.6 is 15.9 Å². The Bertz CT molecular complexity index is 1050. The summed E-state index contributed by atoms with van der Waals surface area (Å²) in [4.78, 5) is 12.6. The van der Waals surface area contributed by atoms with E-state index in [0.29, 0.717) is 10.2 Å². The van der Waals surface area contributed by atoms with Gasteiger partial charge in [-0.15, -0.1) is 10.2 Å². The first-order valence-corrected chi connectivity index (χ1v) is 10.1. The van der Waals surface area contributed by atoms with Crippen LogP contribution in [0.3, 0.4) is 0 Å². The molecule has 1 aliphatic heterocycles. The number of aryl methyl sites for hydroxylation is 2. The van der Waals surface area contributed by atoms with E-state index in [1.54, 1.807) is 6.07 Å². The van der Waals surface area contributed by atoms with E-state index in [2.05, 4.69) is 36.0 Å². The van der Waals surface area contributed by atoms with Crippen molar-refractivity contribution in [1.29, 1.82) is 0 Å². The summed E-state index contributed by atoms with van der Waals surface area (Å²) in [5.41, 5.74) is 2.41. The number of carbonyl (C=O) groups is 1. The normalized spacial score (nSPS) is 13.7. The molecule has 0 fully saturated rings. The molecule has 4 rings (SSSR count). The van der Waals surface area contributed by atoms with Gasteiger partial charge in [0, 0.05) is 28.7 Å². The zero-order valence-electron chi connectivity index (χ0n) is 15.5. The Hall–Kier alpha value is -2.54. The number of anilines is 1. The van der Waals surface area contributed by atoms with Crippen molar-refractivity contribution in [2.24, 2.45) is 0 Å². The average Bonchev–Trinajstić information content (AvgIpc) is 2.93. The van der Waals surface area contributed by atoms with Crippen LogP contribution in [-0.4, -0.2) is 20.7 Å². The second-order valence-electron chi connectivity index (χ2n) is 7.01. The molecule has 0 unspecified atom stereocenters. The number of rotatable bonds is 3. The highest BCUT2D eigenvalue weighted by molar-refractivity contribution is 9.10. The molecular weight excluding hydrogens is 423 g/mol. The molecule has 0 bridgehead atoms. The minimum atomic E-state index is -0.558. The lowest BCUT2D eigenvalue weighted by Crippen LogP contribution is -2.14. The van der Waals surface area contributed by atoms with Crippen molar-refractivity contribution >= 4 is 27.5 Å². The molecule has 1 amide bonds. The van der Waals surface area contributed by atoms with Gasteiger partial charge in [0.05, 0.1) is 5.56 Å². The molecule has 0 aliphatic carbocycles. The summed E-state index contributed by atoms with van der Waals surface area (Å²) in [5, 5.41) is 11.6. The lowest BCUT2D eigenvalue weighted by molar-refractivity contribution is 0.102. The molecule has 144 valence electrons.